The number of rotatable bonds is 5. The summed E-state index contributed by atoms with van der Waals surface area (Å²) >= 11 is 6.13. The van der Waals surface area contributed by atoms with Crippen LogP contribution in [0.4, 0.5) is 23.3 Å². The van der Waals surface area contributed by atoms with E-state index in [1.165, 1.54) is 10.6 Å². The molecule has 150 valence electrons. The maximum atomic E-state index is 6.13. The van der Waals surface area contributed by atoms with E-state index in [2.05, 4.69) is 31.2 Å². The molecule has 0 saturated carbocycles. The number of halogens is 1. The molecule has 0 atom stereocenters. The normalized spacial score (nSPS) is 14.8. The molecule has 0 amide bonds. The molecule has 7 nitrogen and oxygen atoms in total. The Kier molecular flexibility index (Phi) is 5.78. The van der Waals surface area contributed by atoms with Crippen molar-refractivity contribution in [3.8, 4) is 0 Å². The topological polar surface area (TPSA) is 84.4 Å². The van der Waals surface area contributed by atoms with E-state index >= 15 is 0 Å². The Labute approximate surface area is 175 Å². The highest BCUT2D eigenvalue weighted by Gasteiger charge is 2.22. The van der Waals surface area contributed by atoms with Gasteiger partial charge >= 0.3 is 0 Å². The van der Waals surface area contributed by atoms with E-state index in [0.717, 1.165) is 49.0 Å². The molecule has 2 heterocycles. The maximum absolute atomic E-state index is 6.13. The molecule has 8 heteroatoms. The molecule has 0 aliphatic carbocycles. The van der Waals surface area contributed by atoms with Crippen LogP contribution in [-0.2, 0) is 6.54 Å². The van der Waals surface area contributed by atoms with Gasteiger partial charge in [0.25, 0.3) is 0 Å². The smallest absolute Gasteiger partial charge is 0.232 e. The minimum absolute atomic E-state index is 0.239. The van der Waals surface area contributed by atoms with Crippen molar-refractivity contribution in [2.24, 2.45) is 0 Å². The first-order valence-corrected chi connectivity index (χ1v) is 10.1. The summed E-state index contributed by atoms with van der Waals surface area (Å²) in [7, 11) is 0. The molecule has 0 spiro atoms. The van der Waals surface area contributed by atoms with Crippen LogP contribution in [0.25, 0.3) is 0 Å². The van der Waals surface area contributed by atoms with Crippen molar-refractivity contribution in [1.29, 1.82) is 0 Å². The first-order valence-electron chi connectivity index (χ1n) is 9.74. The molecule has 2 aromatic carbocycles. The van der Waals surface area contributed by atoms with Crippen molar-refractivity contribution in [2.75, 3.05) is 42.1 Å². The number of aryl methyl sites for hydroxylation is 1. The monoisotopic (exact) mass is 410 g/mol. The van der Waals surface area contributed by atoms with E-state index in [1.54, 1.807) is 0 Å². The fourth-order valence-corrected chi connectivity index (χ4v) is 3.75. The number of piperazine rings is 1. The van der Waals surface area contributed by atoms with Gasteiger partial charge in [0.2, 0.25) is 11.9 Å². The second-order valence-corrected chi connectivity index (χ2v) is 7.70. The van der Waals surface area contributed by atoms with Crippen molar-refractivity contribution >= 4 is 34.9 Å². The second kappa shape index (κ2) is 8.63. The number of quaternary nitrogens is 1. The summed E-state index contributed by atoms with van der Waals surface area (Å²) in [6.45, 7) is 6.68. The summed E-state index contributed by atoms with van der Waals surface area (Å²) in [6.07, 6.45) is 0. The standard InChI is InChI=1S/C21H24ClN7/c1-15-5-2-3-8-18(15)24-21-26-19(25-20(23)27-21)14-28-9-11-29(12-10-28)17-7-4-6-16(22)13-17/h2-8,13H,9-12,14H2,1H3,(H3,23,24,25,26,27)/p+1. The fraction of sp³-hybridized carbons (Fsp3) is 0.286. The number of para-hydroxylation sites is 1. The van der Waals surface area contributed by atoms with Gasteiger partial charge in [0.05, 0.1) is 26.2 Å². The molecule has 0 bridgehead atoms. The van der Waals surface area contributed by atoms with E-state index in [9.17, 15) is 0 Å². The average Bonchev–Trinajstić information content (AvgIpc) is 2.70. The Morgan fingerprint density at radius 2 is 1.86 bits per heavy atom. The first kappa shape index (κ1) is 19.4. The third kappa shape index (κ3) is 4.93. The van der Waals surface area contributed by atoms with E-state index in [-0.39, 0.29) is 5.95 Å². The van der Waals surface area contributed by atoms with Crippen LogP contribution in [0.3, 0.4) is 0 Å². The van der Waals surface area contributed by atoms with Gasteiger partial charge in [-0.15, -0.1) is 0 Å². The zero-order valence-electron chi connectivity index (χ0n) is 16.4. The van der Waals surface area contributed by atoms with Gasteiger partial charge in [-0.3, -0.25) is 0 Å². The number of hydrogen-bond donors (Lipinski definition) is 3. The van der Waals surface area contributed by atoms with Gasteiger partial charge in [-0.2, -0.15) is 15.0 Å². The van der Waals surface area contributed by atoms with E-state index in [4.69, 9.17) is 17.3 Å². The zero-order valence-corrected chi connectivity index (χ0v) is 17.2. The van der Waals surface area contributed by atoms with Gasteiger partial charge in [0.1, 0.15) is 6.54 Å². The Morgan fingerprint density at radius 3 is 2.62 bits per heavy atom. The Morgan fingerprint density at radius 1 is 1.07 bits per heavy atom. The third-order valence-corrected chi connectivity index (χ3v) is 5.38. The van der Waals surface area contributed by atoms with Crippen LogP contribution in [0.15, 0.2) is 48.5 Å². The predicted molar refractivity (Wildman–Crippen MR) is 117 cm³/mol. The van der Waals surface area contributed by atoms with E-state index in [0.29, 0.717) is 11.8 Å². The zero-order chi connectivity index (χ0) is 20.2. The van der Waals surface area contributed by atoms with Gasteiger partial charge in [0, 0.05) is 16.4 Å². The van der Waals surface area contributed by atoms with Crippen LogP contribution < -0.4 is 20.9 Å². The van der Waals surface area contributed by atoms with Crippen LogP contribution in [0.1, 0.15) is 11.4 Å². The first-order chi connectivity index (χ1) is 14.1. The number of hydrogen-bond acceptors (Lipinski definition) is 6. The van der Waals surface area contributed by atoms with Crippen LogP contribution in [0.5, 0.6) is 0 Å². The molecule has 1 saturated heterocycles. The Balaban J connectivity index is 1.40. The van der Waals surface area contributed by atoms with Crippen molar-refractivity contribution in [3.63, 3.8) is 0 Å². The quantitative estimate of drug-likeness (QED) is 0.597. The molecular weight excluding hydrogens is 386 g/mol. The molecule has 1 aromatic heterocycles. The van der Waals surface area contributed by atoms with Gasteiger partial charge < -0.3 is 20.9 Å². The summed E-state index contributed by atoms with van der Waals surface area (Å²) in [4.78, 5) is 17.0. The van der Waals surface area contributed by atoms with Crippen molar-refractivity contribution in [3.05, 3.63) is 64.9 Å². The van der Waals surface area contributed by atoms with E-state index in [1.807, 2.05) is 49.4 Å². The van der Waals surface area contributed by atoms with E-state index < -0.39 is 0 Å². The molecule has 1 aliphatic heterocycles. The molecule has 29 heavy (non-hydrogen) atoms. The van der Waals surface area contributed by atoms with Crippen molar-refractivity contribution in [1.82, 2.24) is 15.0 Å². The molecular formula is C21H25ClN7+. The predicted octanol–water partition coefficient (Wildman–Crippen LogP) is 2.06. The number of nitrogen functional groups attached to an aromatic ring is 1. The summed E-state index contributed by atoms with van der Waals surface area (Å²) in [6, 6.07) is 16.0. The maximum Gasteiger partial charge on any atom is 0.232 e. The highest BCUT2D eigenvalue weighted by Crippen LogP contribution is 2.19. The molecule has 4 N–H and O–H groups in total. The molecule has 0 radical (unpaired) electrons. The van der Waals surface area contributed by atoms with Gasteiger partial charge in [-0.1, -0.05) is 35.9 Å². The third-order valence-electron chi connectivity index (χ3n) is 5.14. The summed E-state index contributed by atoms with van der Waals surface area (Å²) < 4.78 is 0. The summed E-state index contributed by atoms with van der Waals surface area (Å²) in [5.74, 6) is 1.43. The van der Waals surface area contributed by atoms with Crippen LogP contribution >= 0.6 is 11.6 Å². The van der Waals surface area contributed by atoms with Gasteiger partial charge in [-0.25, -0.2) is 0 Å². The number of nitrogens with one attached hydrogen (secondary N) is 2. The number of nitrogens with zero attached hydrogens (tertiary/aromatic N) is 4. The van der Waals surface area contributed by atoms with Crippen molar-refractivity contribution in [2.45, 2.75) is 13.5 Å². The minimum atomic E-state index is 0.239. The van der Waals surface area contributed by atoms with Gasteiger partial charge in [-0.05, 0) is 36.8 Å². The van der Waals surface area contributed by atoms with Crippen LogP contribution in [0, 0.1) is 6.92 Å². The highest BCUT2D eigenvalue weighted by molar-refractivity contribution is 6.30. The molecule has 4 rings (SSSR count). The average molecular weight is 411 g/mol. The molecule has 3 aromatic rings. The lowest BCUT2D eigenvalue weighted by atomic mass is 10.2. The summed E-state index contributed by atoms with van der Waals surface area (Å²) in [5.41, 5.74) is 9.19. The van der Waals surface area contributed by atoms with Crippen LogP contribution in [-0.4, -0.2) is 41.1 Å². The lowest BCUT2D eigenvalue weighted by Crippen LogP contribution is -3.13. The van der Waals surface area contributed by atoms with Crippen molar-refractivity contribution < 1.29 is 4.90 Å². The second-order valence-electron chi connectivity index (χ2n) is 7.27. The SMILES string of the molecule is Cc1ccccc1Nc1nc(N)nc(C[NH+]2CCN(c3cccc(Cl)c3)CC2)n1. The van der Waals surface area contributed by atoms with Gasteiger partial charge in [0.15, 0.2) is 5.82 Å². The highest BCUT2D eigenvalue weighted by atomic mass is 35.5. The number of nitrogens with two attached hydrogens (primary N) is 1. The number of aromatic nitrogens is 3. The minimum Gasteiger partial charge on any atom is -0.368 e. The Hall–Kier alpha value is -2.90. The summed E-state index contributed by atoms with van der Waals surface area (Å²) in [5, 5.41) is 4.02. The number of anilines is 4. The number of benzene rings is 2. The lowest BCUT2D eigenvalue weighted by Gasteiger charge is -2.33. The van der Waals surface area contributed by atoms with Crippen LogP contribution in [0.2, 0.25) is 5.02 Å². The lowest BCUT2D eigenvalue weighted by molar-refractivity contribution is -0.915. The largest absolute Gasteiger partial charge is 0.368 e. The fourth-order valence-electron chi connectivity index (χ4n) is 3.56. The molecule has 1 aliphatic rings. The molecule has 1 fully saturated rings. The molecule has 0 unspecified atom stereocenters. The Bertz CT molecular complexity index is 986.